The standard InChI is InChI=1S/C24H29FN8O2S/c1-5-16-10-18(30-29-17(16)11-26)33-13-23(3,4)19-20(27-14-28-21(19)33)31-7-8-32(15(2)12-31)22(34)24(25)6-9-36(24)35/h10,14-15H,5-9,12-13H2,1-4H3. The molecule has 1 amide bonds. The van der Waals surface area contributed by atoms with Gasteiger partial charge in [0.25, 0.3) is 10.9 Å². The van der Waals surface area contributed by atoms with Crippen molar-refractivity contribution in [3.05, 3.63) is 29.2 Å². The van der Waals surface area contributed by atoms with Crippen LogP contribution in [0.2, 0.25) is 0 Å². The molecular formula is C24H29FN8O2S. The minimum Gasteiger partial charge on any atom is -0.352 e. The summed E-state index contributed by atoms with van der Waals surface area (Å²) in [6.45, 7) is 10.0. The number of anilines is 3. The number of fused-ring (bicyclic) bond motifs is 1. The molecule has 10 nitrogen and oxygen atoms in total. The highest BCUT2D eigenvalue weighted by molar-refractivity contribution is 7.88. The van der Waals surface area contributed by atoms with E-state index in [0.29, 0.717) is 44.1 Å². The Hall–Kier alpha value is -3.20. The fraction of sp³-hybridized carbons (Fsp3) is 0.583. The van der Waals surface area contributed by atoms with Gasteiger partial charge in [-0.1, -0.05) is 20.8 Å². The highest BCUT2D eigenvalue weighted by Gasteiger charge is 2.55. The van der Waals surface area contributed by atoms with Crippen molar-refractivity contribution in [3.63, 3.8) is 0 Å². The lowest BCUT2D eigenvalue weighted by Crippen LogP contribution is -2.62. The van der Waals surface area contributed by atoms with Crippen LogP contribution in [-0.2, 0) is 27.4 Å². The Balaban J connectivity index is 1.44. The Morgan fingerprint density at radius 2 is 2.03 bits per heavy atom. The van der Waals surface area contributed by atoms with Gasteiger partial charge in [-0.3, -0.25) is 9.00 Å². The van der Waals surface area contributed by atoms with Crippen molar-refractivity contribution in [3.8, 4) is 6.07 Å². The minimum atomic E-state index is -2.24. The van der Waals surface area contributed by atoms with Gasteiger partial charge in [0.05, 0.1) is 10.8 Å². The third kappa shape index (κ3) is 3.72. The van der Waals surface area contributed by atoms with E-state index in [2.05, 4.69) is 45.0 Å². The molecule has 12 heteroatoms. The Morgan fingerprint density at radius 1 is 1.28 bits per heavy atom. The summed E-state index contributed by atoms with van der Waals surface area (Å²) >= 11 is 0. The van der Waals surface area contributed by atoms with E-state index < -0.39 is 21.7 Å². The van der Waals surface area contributed by atoms with E-state index in [9.17, 15) is 18.7 Å². The van der Waals surface area contributed by atoms with E-state index >= 15 is 0 Å². The van der Waals surface area contributed by atoms with Crippen molar-refractivity contribution in [2.45, 2.75) is 57.0 Å². The number of hydrogen-bond acceptors (Lipinski definition) is 9. The Morgan fingerprint density at radius 3 is 2.64 bits per heavy atom. The highest BCUT2D eigenvalue weighted by atomic mass is 32.2. The van der Waals surface area contributed by atoms with Crippen molar-refractivity contribution in [1.82, 2.24) is 25.1 Å². The molecule has 2 aromatic heterocycles. The second-order valence-corrected chi connectivity index (χ2v) is 12.0. The van der Waals surface area contributed by atoms with E-state index in [1.54, 1.807) is 0 Å². The van der Waals surface area contributed by atoms with Crippen molar-refractivity contribution in [2.24, 2.45) is 0 Å². The molecule has 3 atom stereocenters. The Bertz CT molecular complexity index is 1300. The van der Waals surface area contributed by atoms with Crippen LogP contribution >= 0.6 is 0 Å². The summed E-state index contributed by atoms with van der Waals surface area (Å²) in [6, 6.07) is 3.72. The molecule has 0 aliphatic carbocycles. The van der Waals surface area contributed by atoms with Crippen LogP contribution in [0.15, 0.2) is 12.4 Å². The second kappa shape index (κ2) is 8.73. The molecule has 3 unspecified atom stereocenters. The van der Waals surface area contributed by atoms with Crippen LogP contribution < -0.4 is 9.80 Å². The van der Waals surface area contributed by atoms with Crippen molar-refractivity contribution >= 4 is 34.2 Å². The number of halogens is 1. The van der Waals surface area contributed by atoms with Gasteiger partial charge >= 0.3 is 0 Å². The first-order valence-electron chi connectivity index (χ1n) is 12.1. The SMILES string of the molecule is CCc1cc(N2CC(C)(C)c3c(N4CCN(C(=O)C5(F)CCS5=O)C(C)C4)ncnc32)nnc1C#N. The van der Waals surface area contributed by atoms with E-state index in [1.165, 1.54) is 11.2 Å². The summed E-state index contributed by atoms with van der Waals surface area (Å²) in [5.41, 5.74) is 1.82. The summed E-state index contributed by atoms with van der Waals surface area (Å²) in [5, 5.41) is 15.5. The van der Waals surface area contributed by atoms with Crippen LogP contribution in [0, 0.1) is 11.3 Å². The summed E-state index contributed by atoms with van der Waals surface area (Å²) in [6.07, 6.45) is 2.21. The van der Waals surface area contributed by atoms with Crippen molar-refractivity contribution in [1.29, 1.82) is 5.26 Å². The average Bonchev–Trinajstić information content (AvgIpc) is 3.17. The molecule has 2 fully saturated rings. The topological polar surface area (TPSA) is 119 Å². The molecule has 36 heavy (non-hydrogen) atoms. The Kier molecular flexibility index (Phi) is 5.94. The first-order chi connectivity index (χ1) is 17.1. The molecule has 5 heterocycles. The van der Waals surface area contributed by atoms with E-state index in [0.717, 1.165) is 22.8 Å². The third-order valence-corrected chi connectivity index (χ3v) is 9.07. The van der Waals surface area contributed by atoms with Gasteiger partial charge in [-0.25, -0.2) is 14.4 Å². The average molecular weight is 513 g/mol. The number of aryl methyl sites for hydroxylation is 1. The molecule has 2 aromatic rings. The van der Waals surface area contributed by atoms with E-state index in [1.807, 2.05) is 24.8 Å². The van der Waals surface area contributed by atoms with E-state index in [4.69, 9.17) is 0 Å². The quantitative estimate of drug-likeness (QED) is 0.606. The first-order valence-corrected chi connectivity index (χ1v) is 13.5. The number of nitriles is 1. The smallest absolute Gasteiger partial charge is 0.273 e. The van der Waals surface area contributed by atoms with Crippen LogP contribution in [0.3, 0.4) is 0 Å². The van der Waals surface area contributed by atoms with E-state index in [-0.39, 0.29) is 23.6 Å². The van der Waals surface area contributed by atoms with Gasteiger partial charge in [0, 0.05) is 55.4 Å². The summed E-state index contributed by atoms with van der Waals surface area (Å²) in [7, 11) is -1.75. The van der Waals surface area contributed by atoms with Gasteiger partial charge < -0.3 is 14.7 Å². The summed E-state index contributed by atoms with van der Waals surface area (Å²) in [5.74, 6) is 1.73. The molecule has 0 aromatic carbocycles. The molecular weight excluding hydrogens is 483 g/mol. The number of piperazine rings is 1. The zero-order chi connectivity index (χ0) is 25.8. The number of carbonyl (C=O) groups is 1. The van der Waals surface area contributed by atoms with Crippen molar-refractivity contribution < 1.29 is 13.4 Å². The molecule has 2 saturated heterocycles. The molecule has 190 valence electrons. The van der Waals surface area contributed by atoms with Crippen LogP contribution in [-0.4, -0.2) is 78.2 Å². The fourth-order valence-electron chi connectivity index (χ4n) is 5.30. The molecule has 0 saturated carbocycles. The maximum Gasteiger partial charge on any atom is 0.273 e. The monoisotopic (exact) mass is 512 g/mol. The highest BCUT2D eigenvalue weighted by Crippen LogP contribution is 2.46. The normalized spacial score (nSPS) is 26.8. The molecule has 3 aliphatic heterocycles. The zero-order valence-electron chi connectivity index (χ0n) is 20.9. The van der Waals surface area contributed by atoms with Crippen LogP contribution in [0.25, 0.3) is 0 Å². The number of hydrogen-bond donors (Lipinski definition) is 0. The predicted molar refractivity (Wildman–Crippen MR) is 133 cm³/mol. The van der Waals surface area contributed by atoms with Gasteiger partial charge in [0.15, 0.2) is 11.5 Å². The van der Waals surface area contributed by atoms with Gasteiger partial charge in [-0.2, -0.15) is 5.26 Å². The third-order valence-electron chi connectivity index (χ3n) is 7.39. The number of carbonyl (C=O) groups excluding carboxylic acids is 1. The lowest BCUT2D eigenvalue weighted by atomic mass is 9.87. The zero-order valence-corrected chi connectivity index (χ0v) is 21.7. The molecule has 0 bridgehead atoms. The molecule has 0 radical (unpaired) electrons. The number of nitrogens with zero attached hydrogens (tertiary/aromatic N) is 8. The second-order valence-electron chi connectivity index (χ2n) is 10.2. The lowest BCUT2D eigenvalue weighted by Gasteiger charge is -2.44. The maximum absolute atomic E-state index is 14.9. The van der Waals surface area contributed by atoms with Gasteiger partial charge in [0.2, 0.25) is 0 Å². The van der Waals surface area contributed by atoms with Crippen molar-refractivity contribution in [2.75, 3.05) is 41.7 Å². The minimum absolute atomic E-state index is 0.0206. The van der Waals surface area contributed by atoms with Gasteiger partial charge in [-0.15, -0.1) is 10.2 Å². The van der Waals surface area contributed by atoms with Crippen LogP contribution in [0.1, 0.15) is 50.9 Å². The van der Waals surface area contributed by atoms with Crippen LogP contribution in [0.4, 0.5) is 21.8 Å². The number of amides is 1. The summed E-state index contributed by atoms with van der Waals surface area (Å²) in [4.78, 5) is 27.7. The predicted octanol–water partition coefficient (Wildman–Crippen LogP) is 1.99. The largest absolute Gasteiger partial charge is 0.352 e. The lowest BCUT2D eigenvalue weighted by molar-refractivity contribution is -0.142. The molecule has 0 spiro atoms. The Labute approximate surface area is 212 Å². The molecule has 5 rings (SSSR count). The number of alkyl halides is 1. The van der Waals surface area contributed by atoms with Gasteiger partial charge in [0.1, 0.15) is 24.0 Å². The maximum atomic E-state index is 14.9. The molecule has 0 N–H and O–H groups in total. The molecule has 3 aliphatic rings. The van der Waals surface area contributed by atoms with Gasteiger partial charge in [-0.05, 0) is 25.0 Å². The number of aromatic nitrogens is 4. The fourth-order valence-corrected chi connectivity index (χ4v) is 6.35. The first kappa shape index (κ1) is 24.5. The number of rotatable bonds is 4. The summed E-state index contributed by atoms with van der Waals surface area (Å²) < 4.78 is 26.8. The van der Waals surface area contributed by atoms with Crippen LogP contribution in [0.5, 0.6) is 0 Å².